The number of hydrogen-bond donors (Lipinski definition) is 1. The molecule has 0 aliphatic carbocycles. The van der Waals surface area contributed by atoms with Crippen LogP contribution in [0, 0.1) is 6.92 Å². The predicted octanol–water partition coefficient (Wildman–Crippen LogP) is 0.652. The van der Waals surface area contributed by atoms with Gasteiger partial charge < -0.3 is 5.73 Å². The lowest BCUT2D eigenvalue weighted by molar-refractivity contribution is 0.588. The molecule has 5 heteroatoms. The first kappa shape index (κ1) is 12.1. The molecule has 0 saturated carbocycles. The van der Waals surface area contributed by atoms with Crippen LogP contribution in [-0.4, -0.2) is 25.2 Å². The molecule has 0 fully saturated rings. The molecule has 1 unspecified atom stereocenters. The van der Waals surface area contributed by atoms with Crippen LogP contribution >= 0.6 is 0 Å². The van der Waals surface area contributed by atoms with E-state index in [0.717, 1.165) is 5.69 Å². The van der Waals surface area contributed by atoms with E-state index in [0.29, 0.717) is 5.69 Å². The topological polar surface area (TPSA) is 73.0 Å². The van der Waals surface area contributed by atoms with Gasteiger partial charge in [0.15, 0.2) is 9.84 Å². The predicted molar refractivity (Wildman–Crippen MR) is 60.1 cm³/mol. The zero-order valence-electron chi connectivity index (χ0n) is 8.97. The number of aromatic nitrogens is 1. The van der Waals surface area contributed by atoms with Gasteiger partial charge in [0, 0.05) is 11.7 Å². The molecule has 1 heterocycles. The summed E-state index contributed by atoms with van der Waals surface area (Å²) in [7, 11) is -3.14. The molecule has 1 atom stereocenters. The molecule has 0 spiro atoms. The molecule has 1 aromatic rings. The van der Waals surface area contributed by atoms with Crippen molar-refractivity contribution in [3.05, 3.63) is 29.6 Å². The zero-order chi connectivity index (χ0) is 11.5. The molecule has 84 valence electrons. The van der Waals surface area contributed by atoms with Crippen molar-refractivity contribution in [1.82, 2.24) is 4.98 Å². The third-order valence-corrected chi connectivity index (χ3v) is 3.60. The fourth-order valence-electron chi connectivity index (χ4n) is 1.36. The molecule has 1 rings (SSSR count). The van der Waals surface area contributed by atoms with E-state index in [1.165, 1.54) is 0 Å². The quantitative estimate of drug-likeness (QED) is 0.821. The molecule has 0 aliphatic heterocycles. The van der Waals surface area contributed by atoms with Crippen molar-refractivity contribution in [2.75, 3.05) is 5.75 Å². The van der Waals surface area contributed by atoms with Gasteiger partial charge in [-0.05, 0) is 26.0 Å². The third kappa shape index (κ3) is 4.40. The Labute approximate surface area is 90.4 Å². The van der Waals surface area contributed by atoms with Gasteiger partial charge in [-0.3, -0.25) is 4.98 Å². The summed E-state index contributed by atoms with van der Waals surface area (Å²) in [5.41, 5.74) is 6.86. The highest BCUT2D eigenvalue weighted by atomic mass is 32.2. The molecule has 0 amide bonds. The molecule has 15 heavy (non-hydrogen) atoms. The molecule has 0 aliphatic rings. The van der Waals surface area contributed by atoms with Crippen LogP contribution in [0.5, 0.6) is 0 Å². The largest absolute Gasteiger partial charge is 0.327 e. The second-order valence-corrected chi connectivity index (χ2v) is 5.91. The van der Waals surface area contributed by atoms with Crippen LogP contribution in [0.1, 0.15) is 18.3 Å². The van der Waals surface area contributed by atoms with E-state index in [9.17, 15) is 8.42 Å². The van der Waals surface area contributed by atoms with Gasteiger partial charge in [0.2, 0.25) is 0 Å². The van der Waals surface area contributed by atoms with Crippen LogP contribution in [0.15, 0.2) is 18.2 Å². The number of pyridine rings is 1. The highest BCUT2D eigenvalue weighted by Crippen LogP contribution is 2.05. The smallest absolute Gasteiger partial charge is 0.157 e. The molecule has 1 aromatic heterocycles. The summed E-state index contributed by atoms with van der Waals surface area (Å²) in [6.45, 7) is 3.52. The molecule has 0 saturated heterocycles. The first-order chi connectivity index (χ1) is 6.89. The third-order valence-electron chi connectivity index (χ3n) is 1.83. The fraction of sp³-hybridized carbons (Fsp3) is 0.500. The number of nitrogens with two attached hydrogens (primary N) is 1. The Morgan fingerprint density at radius 3 is 2.67 bits per heavy atom. The van der Waals surface area contributed by atoms with E-state index in [2.05, 4.69) is 4.98 Å². The highest BCUT2D eigenvalue weighted by Gasteiger charge is 2.14. The van der Waals surface area contributed by atoms with Crippen molar-refractivity contribution < 1.29 is 8.42 Å². The average molecular weight is 228 g/mol. The first-order valence-corrected chi connectivity index (χ1v) is 6.60. The summed E-state index contributed by atoms with van der Waals surface area (Å²) in [5.74, 6) is -0.0289. The molecule has 2 N–H and O–H groups in total. The van der Waals surface area contributed by atoms with Crippen LogP contribution < -0.4 is 5.73 Å². The van der Waals surface area contributed by atoms with Gasteiger partial charge >= 0.3 is 0 Å². The minimum atomic E-state index is -3.14. The minimum absolute atomic E-state index is 0.00260. The van der Waals surface area contributed by atoms with E-state index in [4.69, 9.17) is 5.73 Å². The van der Waals surface area contributed by atoms with E-state index in [1.807, 2.05) is 13.0 Å². The summed E-state index contributed by atoms with van der Waals surface area (Å²) in [4.78, 5) is 4.15. The SMILES string of the molecule is Cc1cccc(CS(=O)(=O)CC(C)N)n1. The van der Waals surface area contributed by atoms with Gasteiger partial charge in [0.05, 0.1) is 17.2 Å². The maximum Gasteiger partial charge on any atom is 0.157 e. The second-order valence-electron chi connectivity index (χ2n) is 3.80. The van der Waals surface area contributed by atoms with Gasteiger partial charge in [-0.15, -0.1) is 0 Å². The summed E-state index contributed by atoms with van der Waals surface area (Å²) in [6.07, 6.45) is 0. The zero-order valence-corrected chi connectivity index (χ0v) is 9.79. The van der Waals surface area contributed by atoms with Crippen molar-refractivity contribution in [2.24, 2.45) is 5.73 Å². The number of rotatable bonds is 4. The van der Waals surface area contributed by atoms with Crippen molar-refractivity contribution in [3.8, 4) is 0 Å². The standard InChI is InChI=1S/C10H16N2O2S/c1-8(11)6-15(13,14)7-10-5-3-4-9(2)12-10/h3-5,8H,6-7,11H2,1-2H3. The van der Waals surface area contributed by atoms with Gasteiger partial charge in [-0.25, -0.2) is 8.42 Å². The van der Waals surface area contributed by atoms with Crippen LogP contribution in [0.3, 0.4) is 0 Å². The Bertz CT molecular complexity index is 427. The van der Waals surface area contributed by atoms with Crippen molar-refractivity contribution in [2.45, 2.75) is 25.6 Å². The van der Waals surface area contributed by atoms with Gasteiger partial charge in [-0.1, -0.05) is 6.07 Å². The maximum atomic E-state index is 11.6. The number of aryl methyl sites for hydroxylation is 1. The maximum absolute atomic E-state index is 11.6. The lowest BCUT2D eigenvalue weighted by atomic mass is 10.3. The second kappa shape index (κ2) is 4.72. The normalized spacial score (nSPS) is 13.8. The van der Waals surface area contributed by atoms with Gasteiger partial charge in [0.25, 0.3) is 0 Å². The number of hydrogen-bond acceptors (Lipinski definition) is 4. The minimum Gasteiger partial charge on any atom is -0.327 e. The Hall–Kier alpha value is -0.940. The highest BCUT2D eigenvalue weighted by molar-refractivity contribution is 7.90. The summed E-state index contributed by atoms with van der Waals surface area (Å²) in [5, 5.41) is 0. The average Bonchev–Trinajstić information content (AvgIpc) is 1.99. The van der Waals surface area contributed by atoms with Crippen LogP contribution in [0.25, 0.3) is 0 Å². The van der Waals surface area contributed by atoms with Crippen molar-refractivity contribution in [1.29, 1.82) is 0 Å². The van der Waals surface area contributed by atoms with Gasteiger partial charge in [-0.2, -0.15) is 0 Å². The Balaban J connectivity index is 2.78. The molecule has 0 radical (unpaired) electrons. The van der Waals surface area contributed by atoms with Crippen LogP contribution in [0.4, 0.5) is 0 Å². The van der Waals surface area contributed by atoms with Crippen LogP contribution in [-0.2, 0) is 15.6 Å². The molecule has 0 bridgehead atoms. The number of nitrogens with zero attached hydrogens (tertiary/aromatic N) is 1. The fourth-order valence-corrected chi connectivity index (χ4v) is 2.90. The van der Waals surface area contributed by atoms with Crippen LogP contribution in [0.2, 0.25) is 0 Å². The Kier molecular flexibility index (Phi) is 3.82. The lowest BCUT2D eigenvalue weighted by Gasteiger charge is -2.06. The monoisotopic (exact) mass is 228 g/mol. The molecule has 0 aromatic carbocycles. The Morgan fingerprint density at radius 2 is 2.13 bits per heavy atom. The molecular weight excluding hydrogens is 212 g/mol. The Morgan fingerprint density at radius 1 is 1.47 bits per heavy atom. The van der Waals surface area contributed by atoms with E-state index < -0.39 is 9.84 Å². The lowest BCUT2D eigenvalue weighted by Crippen LogP contribution is -2.27. The first-order valence-electron chi connectivity index (χ1n) is 4.77. The molecule has 4 nitrogen and oxygen atoms in total. The summed E-state index contributed by atoms with van der Waals surface area (Å²) >= 11 is 0. The molecular formula is C10H16N2O2S. The van der Waals surface area contributed by atoms with E-state index in [-0.39, 0.29) is 17.5 Å². The van der Waals surface area contributed by atoms with Crippen molar-refractivity contribution >= 4 is 9.84 Å². The van der Waals surface area contributed by atoms with Gasteiger partial charge in [0.1, 0.15) is 0 Å². The van der Waals surface area contributed by atoms with E-state index >= 15 is 0 Å². The number of sulfone groups is 1. The van der Waals surface area contributed by atoms with Crippen molar-refractivity contribution in [3.63, 3.8) is 0 Å². The summed E-state index contributed by atoms with van der Waals surface area (Å²) in [6, 6.07) is 5.02. The summed E-state index contributed by atoms with van der Waals surface area (Å²) < 4.78 is 23.2. The van der Waals surface area contributed by atoms with E-state index in [1.54, 1.807) is 19.1 Å².